The average Bonchev–Trinajstić information content (AvgIpc) is 2.86. The summed E-state index contributed by atoms with van der Waals surface area (Å²) >= 11 is 0. The number of benzene rings is 1. The van der Waals surface area contributed by atoms with Crippen molar-refractivity contribution in [1.82, 2.24) is 9.78 Å². The highest BCUT2D eigenvalue weighted by Gasteiger charge is 2.16. The quantitative estimate of drug-likeness (QED) is 0.910. The molecule has 0 aliphatic carbocycles. The summed E-state index contributed by atoms with van der Waals surface area (Å²) in [6.07, 6.45) is 2.81. The summed E-state index contributed by atoms with van der Waals surface area (Å²) in [4.78, 5) is 0. The maximum absolute atomic E-state index is 9.91. The van der Waals surface area contributed by atoms with Gasteiger partial charge in [-0.2, -0.15) is 5.10 Å². The molecule has 1 aromatic carbocycles. The summed E-state index contributed by atoms with van der Waals surface area (Å²) in [5.74, 6) is 1.81. The van der Waals surface area contributed by atoms with Crippen LogP contribution >= 0.6 is 0 Å². The Labute approximate surface area is 118 Å². The Morgan fingerprint density at radius 2 is 1.90 bits per heavy atom. The van der Waals surface area contributed by atoms with Crippen molar-refractivity contribution in [3.8, 4) is 17.2 Å². The summed E-state index contributed by atoms with van der Waals surface area (Å²) in [5.41, 5.74) is 0.632. The van der Waals surface area contributed by atoms with Gasteiger partial charge in [0, 0.05) is 6.04 Å². The van der Waals surface area contributed by atoms with Crippen LogP contribution in [0.2, 0.25) is 0 Å². The van der Waals surface area contributed by atoms with E-state index in [2.05, 4.69) is 5.10 Å². The van der Waals surface area contributed by atoms with E-state index in [4.69, 9.17) is 9.47 Å². The Hall–Kier alpha value is -2.01. The first-order valence-corrected chi connectivity index (χ1v) is 6.60. The van der Waals surface area contributed by atoms with Gasteiger partial charge in [0.25, 0.3) is 0 Å². The Morgan fingerprint density at radius 3 is 2.45 bits per heavy atom. The van der Waals surface area contributed by atoms with E-state index in [9.17, 15) is 5.11 Å². The molecule has 5 nitrogen and oxygen atoms in total. The van der Waals surface area contributed by atoms with Crippen LogP contribution in [0.3, 0.4) is 0 Å². The molecule has 0 aliphatic rings. The lowest BCUT2D eigenvalue weighted by atomic mass is 10.1. The first kappa shape index (κ1) is 14.4. The smallest absolute Gasteiger partial charge is 0.165 e. The third-order valence-corrected chi connectivity index (χ3v) is 3.00. The zero-order valence-electron chi connectivity index (χ0n) is 12.2. The standard InChI is InChI=1S/C15H20N2O3/c1-10(2)17-9-12(8-16-17)20-14-7-5-6-13(19-4)15(14)11(3)18/h5-11,18H,1-4H3/t11-/m0/s1. The second kappa shape index (κ2) is 5.96. The number of aliphatic hydroxyl groups excluding tert-OH is 1. The molecule has 1 aromatic heterocycles. The molecule has 0 saturated heterocycles. The molecule has 2 aromatic rings. The zero-order valence-corrected chi connectivity index (χ0v) is 12.2. The summed E-state index contributed by atoms with van der Waals surface area (Å²) in [7, 11) is 1.57. The van der Waals surface area contributed by atoms with Gasteiger partial charge in [0.2, 0.25) is 0 Å². The molecule has 0 spiro atoms. The van der Waals surface area contributed by atoms with Crippen LogP contribution in [0.1, 0.15) is 38.5 Å². The predicted molar refractivity (Wildman–Crippen MR) is 76.3 cm³/mol. The van der Waals surface area contributed by atoms with Crippen LogP contribution in [0.5, 0.6) is 17.2 Å². The number of hydrogen-bond donors (Lipinski definition) is 1. The fourth-order valence-electron chi connectivity index (χ4n) is 1.99. The monoisotopic (exact) mass is 276 g/mol. The molecule has 1 heterocycles. The van der Waals surface area contributed by atoms with Gasteiger partial charge < -0.3 is 14.6 Å². The maximum Gasteiger partial charge on any atom is 0.165 e. The van der Waals surface area contributed by atoms with Crippen molar-refractivity contribution in [1.29, 1.82) is 0 Å². The molecule has 108 valence electrons. The third-order valence-electron chi connectivity index (χ3n) is 3.00. The maximum atomic E-state index is 9.91. The van der Waals surface area contributed by atoms with Crippen molar-refractivity contribution in [2.24, 2.45) is 0 Å². The van der Waals surface area contributed by atoms with Gasteiger partial charge in [0.05, 0.1) is 31.2 Å². The van der Waals surface area contributed by atoms with Gasteiger partial charge >= 0.3 is 0 Å². The van der Waals surface area contributed by atoms with Crippen molar-refractivity contribution < 1.29 is 14.6 Å². The van der Waals surface area contributed by atoms with E-state index in [1.54, 1.807) is 32.4 Å². The molecule has 0 unspecified atom stereocenters. The van der Waals surface area contributed by atoms with E-state index in [0.717, 1.165) is 0 Å². The topological polar surface area (TPSA) is 56.5 Å². The van der Waals surface area contributed by atoms with Crippen LogP contribution in [0, 0.1) is 0 Å². The first-order chi connectivity index (χ1) is 9.52. The predicted octanol–water partition coefficient (Wildman–Crippen LogP) is 3.32. The number of hydrogen-bond acceptors (Lipinski definition) is 4. The van der Waals surface area contributed by atoms with Crippen LogP contribution in [0.25, 0.3) is 0 Å². The largest absolute Gasteiger partial charge is 0.496 e. The zero-order chi connectivity index (χ0) is 14.7. The summed E-state index contributed by atoms with van der Waals surface area (Å²) in [6, 6.07) is 5.70. The van der Waals surface area contributed by atoms with Crippen LogP contribution < -0.4 is 9.47 Å². The second-order valence-corrected chi connectivity index (χ2v) is 4.90. The highest BCUT2D eigenvalue weighted by atomic mass is 16.5. The van der Waals surface area contributed by atoms with Gasteiger partial charge in [-0.25, -0.2) is 0 Å². The molecule has 0 aliphatic heterocycles. The summed E-state index contributed by atoms with van der Waals surface area (Å²) in [5, 5.41) is 14.1. The Morgan fingerprint density at radius 1 is 1.20 bits per heavy atom. The average molecular weight is 276 g/mol. The number of aromatic nitrogens is 2. The Kier molecular flexibility index (Phi) is 4.29. The molecule has 0 amide bonds. The lowest BCUT2D eigenvalue weighted by Crippen LogP contribution is -2.00. The molecular weight excluding hydrogens is 256 g/mol. The van der Waals surface area contributed by atoms with E-state index < -0.39 is 6.10 Å². The first-order valence-electron chi connectivity index (χ1n) is 6.60. The van der Waals surface area contributed by atoms with Gasteiger partial charge in [-0.3, -0.25) is 4.68 Å². The normalized spacial score (nSPS) is 12.5. The summed E-state index contributed by atoms with van der Waals surface area (Å²) in [6.45, 7) is 5.77. The van der Waals surface area contributed by atoms with Crippen molar-refractivity contribution >= 4 is 0 Å². The molecule has 0 radical (unpaired) electrons. The van der Waals surface area contributed by atoms with E-state index in [1.807, 2.05) is 30.8 Å². The van der Waals surface area contributed by atoms with Crippen molar-refractivity contribution in [2.75, 3.05) is 7.11 Å². The molecule has 0 fully saturated rings. The van der Waals surface area contributed by atoms with Gasteiger partial charge in [-0.05, 0) is 32.9 Å². The second-order valence-electron chi connectivity index (χ2n) is 4.90. The highest BCUT2D eigenvalue weighted by molar-refractivity contribution is 5.47. The van der Waals surface area contributed by atoms with E-state index in [-0.39, 0.29) is 6.04 Å². The van der Waals surface area contributed by atoms with Gasteiger partial charge in [0.15, 0.2) is 5.75 Å². The van der Waals surface area contributed by atoms with Gasteiger partial charge in [-0.15, -0.1) is 0 Å². The lowest BCUT2D eigenvalue weighted by molar-refractivity contribution is 0.190. The fraction of sp³-hybridized carbons (Fsp3) is 0.400. The minimum absolute atomic E-state index is 0.272. The number of rotatable bonds is 5. The minimum Gasteiger partial charge on any atom is -0.496 e. The Bertz CT molecular complexity index is 576. The Balaban J connectivity index is 2.32. The molecule has 5 heteroatoms. The minimum atomic E-state index is -0.679. The lowest BCUT2D eigenvalue weighted by Gasteiger charge is -2.15. The molecule has 2 rings (SSSR count). The van der Waals surface area contributed by atoms with Crippen LogP contribution in [0.4, 0.5) is 0 Å². The number of ether oxygens (including phenoxy) is 2. The molecule has 20 heavy (non-hydrogen) atoms. The molecule has 1 atom stereocenters. The molecule has 1 N–H and O–H groups in total. The van der Waals surface area contributed by atoms with Crippen LogP contribution in [-0.2, 0) is 0 Å². The fourth-order valence-corrected chi connectivity index (χ4v) is 1.99. The van der Waals surface area contributed by atoms with Gasteiger partial charge in [-0.1, -0.05) is 6.07 Å². The van der Waals surface area contributed by atoms with Crippen LogP contribution in [0.15, 0.2) is 30.6 Å². The van der Waals surface area contributed by atoms with Gasteiger partial charge in [0.1, 0.15) is 11.5 Å². The van der Waals surface area contributed by atoms with E-state index in [0.29, 0.717) is 22.8 Å². The van der Waals surface area contributed by atoms with E-state index in [1.165, 1.54) is 0 Å². The van der Waals surface area contributed by atoms with Crippen LogP contribution in [-0.4, -0.2) is 22.0 Å². The van der Waals surface area contributed by atoms with E-state index >= 15 is 0 Å². The third kappa shape index (κ3) is 2.93. The molecule has 0 saturated carbocycles. The molecular formula is C15H20N2O3. The number of aliphatic hydroxyl groups is 1. The van der Waals surface area contributed by atoms with Crippen molar-refractivity contribution in [3.05, 3.63) is 36.2 Å². The summed E-state index contributed by atoms with van der Waals surface area (Å²) < 4.78 is 12.9. The molecule has 0 bridgehead atoms. The number of methoxy groups -OCH3 is 1. The van der Waals surface area contributed by atoms with Crippen molar-refractivity contribution in [2.45, 2.75) is 32.9 Å². The number of nitrogens with zero attached hydrogens (tertiary/aromatic N) is 2. The van der Waals surface area contributed by atoms with Crippen molar-refractivity contribution in [3.63, 3.8) is 0 Å². The SMILES string of the molecule is COc1cccc(Oc2cnn(C(C)C)c2)c1[C@H](C)O. The highest BCUT2D eigenvalue weighted by Crippen LogP contribution is 2.36.